The fourth-order valence-corrected chi connectivity index (χ4v) is 4.28. The first-order chi connectivity index (χ1) is 12.3. The van der Waals surface area contributed by atoms with Gasteiger partial charge < -0.3 is 14.7 Å². The van der Waals surface area contributed by atoms with E-state index in [1.54, 1.807) is 19.1 Å². The van der Waals surface area contributed by atoms with Crippen molar-refractivity contribution in [2.75, 3.05) is 6.61 Å². The van der Waals surface area contributed by atoms with Crippen molar-refractivity contribution in [3.05, 3.63) is 39.7 Å². The maximum atomic E-state index is 14.5. The second-order valence-electron chi connectivity index (χ2n) is 6.07. The van der Waals surface area contributed by atoms with E-state index >= 15 is 0 Å². The molecular weight excluding hydrogens is 361 g/mol. The summed E-state index contributed by atoms with van der Waals surface area (Å²) in [5, 5.41) is 9.76. The molecule has 2 aliphatic rings. The van der Waals surface area contributed by atoms with Gasteiger partial charge in [0, 0.05) is 17.7 Å². The Morgan fingerprint density at radius 3 is 2.81 bits per heavy atom. The van der Waals surface area contributed by atoms with Crippen LogP contribution in [0.2, 0.25) is 0 Å². The SMILES string of the molecule is CCOc1ccc(C(=O)N2C(C)=C(CC(=O)O)C3=C(F)C(=O)CCC32)s1. The monoisotopic (exact) mass is 379 g/mol. The highest BCUT2D eigenvalue weighted by atomic mass is 32.1. The second kappa shape index (κ2) is 7.03. The van der Waals surface area contributed by atoms with Crippen LogP contribution in [0.5, 0.6) is 5.06 Å². The smallest absolute Gasteiger partial charge is 0.307 e. The summed E-state index contributed by atoms with van der Waals surface area (Å²) in [5.74, 6) is -3.05. The number of ether oxygens (including phenoxy) is 1. The van der Waals surface area contributed by atoms with E-state index in [-0.39, 0.29) is 29.9 Å². The Morgan fingerprint density at radius 1 is 1.42 bits per heavy atom. The first-order valence-electron chi connectivity index (χ1n) is 8.26. The molecule has 3 rings (SSSR count). The van der Waals surface area contributed by atoms with E-state index in [4.69, 9.17) is 9.84 Å². The zero-order valence-electron chi connectivity index (χ0n) is 14.4. The van der Waals surface area contributed by atoms with Crippen LogP contribution in [0, 0.1) is 0 Å². The van der Waals surface area contributed by atoms with Crippen LogP contribution in [0.4, 0.5) is 4.39 Å². The molecule has 0 saturated carbocycles. The van der Waals surface area contributed by atoms with Gasteiger partial charge in [-0.25, -0.2) is 4.39 Å². The van der Waals surface area contributed by atoms with E-state index in [1.807, 2.05) is 6.92 Å². The van der Waals surface area contributed by atoms with E-state index in [1.165, 1.54) is 16.2 Å². The summed E-state index contributed by atoms with van der Waals surface area (Å²) in [5.41, 5.74) is 0.646. The summed E-state index contributed by atoms with van der Waals surface area (Å²) in [6.45, 7) is 3.91. The normalized spacial score (nSPS) is 19.9. The highest BCUT2D eigenvalue weighted by molar-refractivity contribution is 7.15. The molecule has 0 spiro atoms. The average molecular weight is 379 g/mol. The highest BCUT2D eigenvalue weighted by Crippen LogP contribution is 2.44. The third-order valence-corrected chi connectivity index (χ3v) is 5.51. The summed E-state index contributed by atoms with van der Waals surface area (Å²) in [7, 11) is 0. The van der Waals surface area contributed by atoms with Crippen molar-refractivity contribution >= 4 is 29.0 Å². The number of halogens is 1. The molecule has 8 heteroatoms. The third kappa shape index (κ3) is 3.05. The van der Waals surface area contributed by atoms with Crippen LogP contribution < -0.4 is 4.74 Å². The largest absolute Gasteiger partial charge is 0.484 e. The van der Waals surface area contributed by atoms with Crippen LogP contribution in [-0.2, 0) is 9.59 Å². The number of carbonyl (C=O) groups excluding carboxylic acids is 2. The molecule has 0 aromatic carbocycles. The molecule has 1 atom stereocenters. The molecule has 1 aliphatic heterocycles. The minimum atomic E-state index is -1.14. The predicted octanol–water partition coefficient (Wildman–Crippen LogP) is 3.31. The van der Waals surface area contributed by atoms with E-state index in [0.29, 0.717) is 22.2 Å². The van der Waals surface area contributed by atoms with E-state index < -0.39 is 30.0 Å². The molecule has 1 unspecified atom stereocenters. The van der Waals surface area contributed by atoms with Crippen molar-refractivity contribution in [1.29, 1.82) is 0 Å². The van der Waals surface area contributed by atoms with Gasteiger partial charge in [0.1, 0.15) is 0 Å². The van der Waals surface area contributed by atoms with Crippen LogP contribution in [0.15, 0.2) is 34.8 Å². The number of carbonyl (C=O) groups is 3. The minimum Gasteiger partial charge on any atom is -0.484 e. The Balaban J connectivity index is 2.03. The number of fused-ring (bicyclic) bond motifs is 1. The molecule has 1 aromatic rings. The lowest BCUT2D eigenvalue weighted by Gasteiger charge is -2.29. The van der Waals surface area contributed by atoms with E-state index in [9.17, 15) is 18.8 Å². The molecule has 0 fully saturated rings. The van der Waals surface area contributed by atoms with Gasteiger partial charge in [-0.2, -0.15) is 0 Å². The topological polar surface area (TPSA) is 83.9 Å². The molecule has 1 aromatic heterocycles. The first kappa shape index (κ1) is 18.3. The Bertz CT molecular complexity index is 854. The number of thiophene rings is 1. The maximum Gasteiger partial charge on any atom is 0.307 e. The summed E-state index contributed by atoms with van der Waals surface area (Å²) >= 11 is 1.18. The molecule has 0 radical (unpaired) electrons. The number of allylic oxidation sites excluding steroid dienone is 2. The first-order valence-corrected chi connectivity index (χ1v) is 9.07. The molecule has 138 valence electrons. The molecular formula is C18H18FNO5S. The van der Waals surface area contributed by atoms with Gasteiger partial charge in [0.05, 0.1) is 23.9 Å². The molecule has 6 nitrogen and oxygen atoms in total. The number of ketones is 1. The number of carboxylic acids is 1. The average Bonchev–Trinajstić information content (AvgIpc) is 3.15. The zero-order chi connectivity index (χ0) is 19.0. The number of carboxylic acid groups (broad SMARTS) is 1. The van der Waals surface area contributed by atoms with Gasteiger partial charge in [-0.1, -0.05) is 11.3 Å². The summed E-state index contributed by atoms with van der Waals surface area (Å²) < 4.78 is 19.9. The lowest BCUT2D eigenvalue weighted by molar-refractivity contribution is -0.136. The van der Waals surface area contributed by atoms with Crippen molar-refractivity contribution in [3.63, 3.8) is 0 Å². The molecule has 0 bridgehead atoms. The number of hydrogen-bond donors (Lipinski definition) is 1. The van der Waals surface area contributed by atoms with Crippen LogP contribution in [0.3, 0.4) is 0 Å². The van der Waals surface area contributed by atoms with Crippen LogP contribution in [0.25, 0.3) is 0 Å². The summed E-state index contributed by atoms with van der Waals surface area (Å²) in [4.78, 5) is 37.8. The lowest BCUT2D eigenvalue weighted by Crippen LogP contribution is -2.38. The van der Waals surface area contributed by atoms with Crippen LogP contribution >= 0.6 is 11.3 Å². The number of rotatable bonds is 5. The fraction of sp³-hybridized carbons (Fsp3) is 0.389. The Hall–Kier alpha value is -2.48. The van der Waals surface area contributed by atoms with Gasteiger partial charge in [0.15, 0.2) is 16.7 Å². The summed E-state index contributed by atoms with van der Waals surface area (Å²) in [6, 6.07) is 2.68. The second-order valence-corrected chi connectivity index (χ2v) is 7.11. The molecule has 0 saturated heterocycles. The lowest BCUT2D eigenvalue weighted by atomic mass is 9.88. The van der Waals surface area contributed by atoms with Gasteiger partial charge in [0.2, 0.25) is 0 Å². The molecule has 26 heavy (non-hydrogen) atoms. The fourth-order valence-electron chi connectivity index (χ4n) is 3.43. The van der Waals surface area contributed by atoms with Gasteiger partial charge >= 0.3 is 5.97 Å². The zero-order valence-corrected chi connectivity index (χ0v) is 15.2. The molecule has 1 N–H and O–H groups in total. The maximum absolute atomic E-state index is 14.5. The van der Waals surface area contributed by atoms with Gasteiger partial charge in [-0.3, -0.25) is 14.4 Å². The van der Waals surface area contributed by atoms with Crippen LogP contribution in [0.1, 0.15) is 42.8 Å². The molecule has 1 aliphatic carbocycles. The number of aliphatic carboxylic acids is 1. The molecule has 2 heterocycles. The van der Waals surface area contributed by atoms with Gasteiger partial charge in [-0.05, 0) is 38.0 Å². The van der Waals surface area contributed by atoms with Gasteiger partial charge in [-0.15, -0.1) is 0 Å². The standard InChI is InChI=1S/C18H18FNO5S/c1-3-25-15-7-6-13(26-15)18(24)20-9(2)10(8-14(22)23)16-11(20)4-5-12(21)17(16)19/h6-7,11H,3-5,8H2,1-2H3,(H,22,23). The number of hydrogen-bond acceptors (Lipinski definition) is 5. The minimum absolute atomic E-state index is 0.00789. The number of amides is 1. The highest BCUT2D eigenvalue weighted by Gasteiger charge is 2.44. The Labute approximate surface area is 153 Å². The van der Waals surface area contributed by atoms with Crippen molar-refractivity contribution in [1.82, 2.24) is 4.90 Å². The summed E-state index contributed by atoms with van der Waals surface area (Å²) in [6.07, 6.45) is -0.166. The number of Topliss-reactive ketones (excluding diaryl/α,β-unsaturated/α-hetero) is 1. The third-order valence-electron chi connectivity index (χ3n) is 4.52. The van der Waals surface area contributed by atoms with E-state index in [0.717, 1.165) is 0 Å². The van der Waals surface area contributed by atoms with Crippen molar-refractivity contribution < 1.29 is 28.6 Å². The van der Waals surface area contributed by atoms with Crippen molar-refractivity contribution in [2.24, 2.45) is 0 Å². The van der Waals surface area contributed by atoms with Crippen molar-refractivity contribution in [2.45, 2.75) is 39.2 Å². The van der Waals surface area contributed by atoms with E-state index in [2.05, 4.69) is 0 Å². The Morgan fingerprint density at radius 2 is 2.15 bits per heavy atom. The number of nitrogens with zero attached hydrogens (tertiary/aromatic N) is 1. The van der Waals surface area contributed by atoms with Gasteiger partial charge in [0.25, 0.3) is 5.91 Å². The Kier molecular flexibility index (Phi) is 4.95. The van der Waals surface area contributed by atoms with Crippen LogP contribution in [-0.4, -0.2) is 40.3 Å². The quantitative estimate of drug-likeness (QED) is 0.849. The van der Waals surface area contributed by atoms with Crippen molar-refractivity contribution in [3.8, 4) is 5.06 Å². The predicted molar refractivity (Wildman–Crippen MR) is 92.8 cm³/mol. The molecule has 1 amide bonds.